The molecule has 0 spiro atoms. The molecule has 0 radical (unpaired) electrons. The molecule has 2 heterocycles. The van der Waals surface area contributed by atoms with Crippen LogP contribution in [-0.4, -0.2) is 44.9 Å². The van der Waals surface area contributed by atoms with Gasteiger partial charge in [0, 0.05) is 13.1 Å². The molecule has 1 fully saturated rings. The average molecular weight is 299 g/mol. The molecule has 6 nitrogen and oxygen atoms in total. The van der Waals surface area contributed by atoms with Crippen molar-refractivity contribution in [2.75, 3.05) is 13.1 Å². The second kappa shape index (κ2) is 5.71. The minimum atomic E-state index is -0.853. The molecule has 1 N–H and O–H groups in total. The number of carboxylic acids is 1. The predicted molar refractivity (Wildman–Crippen MR) is 80.3 cm³/mol. The molecule has 1 aliphatic heterocycles. The van der Waals surface area contributed by atoms with Crippen LogP contribution in [0.3, 0.4) is 0 Å². The van der Waals surface area contributed by atoms with Crippen LogP contribution in [0.5, 0.6) is 0 Å². The molecule has 2 atom stereocenters. The third kappa shape index (κ3) is 2.77. The Kier molecular flexibility index (Phi) is 3.75. The molecule has 0 aliphatic carbocycles. The standard InChI is InChI=1S/C16H17N3O3/c1-10-6-11(16(21)22)9-19(8-10)15(20)14-7-17-12-4-2-3-5-13(12)18-14/h2-5,7,10-11H,6,8-9H2,1H3,(H,21,22). The number of piperidine rings is 1. The number of rotatable bonds is 2. The second-order valence-corrected chi connectivity index (χ2v) is 5.83. The van der Waals surface area contributed by atoms with E-state index in [1.165, 1.54) is 6.20 Å². The van der Waals surface area contributed by atoms with Gasteiger partial charge in [-0.15, -0.1) is 0 Å². The van der Waals surface area contributed by atoms with Crippen molar-refractivity contribution >= 4 is 22.9 Å². The number of benzene rings is 1. The molecule has 1 aromatic heterocycles. The Morgan fingerprint density at radius 3 is 2.68 bits per heavy atom. The van der Waals surface area contributed by atoms with Crippen LogP contribution in [0, 0.1) is 11.8 Å². The van der Waals surface area contributed by atoms with E-state index >= 15 is 0 Å². The fourth-order valence-corrected chi connectivity index (χ4v) is 2.92. The van der Waals surface area contributed by atoms with Gasteiger partial charge < -0.3 is 10.0 Å². The number of aliphatic carboxylic acids is 1. The molecule has 6 heteroatoms. The van der Waals surface area contributed by atoms with Crippen LogP contribution in [0.2, 0.25) is 0 Å². The van der Waals surface area contributed by atoms with Crippen LogP contribution in [0.1, 0.15) is 23.8 Å². The lowest BCUT2D eigenvalue weighted by molar-refractivity contribution is -0.143. The van der Waals surface area contributed by atoms with Gasteiger partial charge in [-0.3, -0.25) is 14.6 Å². The van der Waals surface area contributed by atoms with E-state index in [9.17, 15) is 14.7 Å². The predicted octanol–water partition coefficient (Wildman–Crippen LogP) is 1.81. The smallest absolute Gasteiger partial charge is 0.308 e. The first kappa shape index (κ1) is 14.4. The number of hydrogen-bond acceptors (Lipinski definition) is 4. The Bertz CT molecular complexity index is 731. The minimum absolute atomic E-state index is 0.159. The molecular formula is C16H17N3O3. The molecule has 1 aliphatic rings. The summed E-state index contributed by atoms with van der Waals surface area (Å²) in [6.07, 6.45) is 2.06. The minimum Gasteiger partial charge on any atom is -0.481 e. The van der Waals surface area contributed by atoms with Crippen LogP contribution in [0.25, 0.3) is 11.0 Å². The van der Waals surface area contributed by atoms with Crippen LogP contribution in [-0.2, 0) is 4.79 Å². The van der Waals surface area contributed by atoms with Crippen molar-refractivity contribution < 1.29 is 14.7 Å². The third-order valence-electron chi connectivity index (χ3n) is 3.96. The molecule has 1 aromatic carbocycles. The van der Waals surface area contributed by atoms with Gasteiger partial charge in [0.25, 0.3) is 5.91 Å². The van der Waals surface area contributed by atoms with Gasteiger partial charge in [0.1, 0.15) is 5.69 Å². The van der Waals surface area contributed by atoms with Crippen molar-refractivity contribution in [1.82, 2.24) is 14.9 Å². The maximum atomic E-state index is 12.6. The Labute approximate surface area is 127 Å². The van der Waals surface area contributed by atoms with Crippen molar-refractivity contribution in [2.45, 2.75) is 13.3 Å². The second-order valence-electron chi connectivity index (χ2n) is 5.83. The van der Waals surface area contributed by atoms with E-state index in [0.717, 1.165) is 5.52 Å². The zero-order valence-corrected chi connectivity index (χ0v) is 12.3. The third-order valence-corrected chi connectivity index (χ3v) is 3.96. The van der Waals surface area contributed by atoms with Crippen molar-refractivity contribution in [3.8, 4) is 0 Å². The molecule has 2 unspecified atom stereocenters. The summed E-state index contributed by atoms with van der Waals surface area (Å²) in [6.45, 7) is 2.74. The van der Waals surface area contributed by atoms with Gasteiger partial charge in [0.05, 0.1) is 23.1 Å². The van der Waals surface area contributed by atoms with Crippen molar-refractivity contribution in [1.29, 1.82) is 0 Å². The van der Waals surface area contributed by atoms with Crippen LogP contribution in [0.4, 0.5) is 0 Å². The monoisotopic (exact) mass is 299 g/mol. The molecule has 2 aromatic rings. The number of carboxylic acid groups (broad SMARTS) is 1. The fourth-order valence-electron chi connectivity index (χ4n) is 2.92. The zero-order chi connectivity index (χ0) is 15.7. The molecule has 114 valence electrons. The van der Waals surface area contributed by atoms with Crippen LogP contribution < -0.4 is 0 Å². The Hall–Kier alpha value is -2.50. The number of fused-ring (bicyclic) bond motifs is 1. The Morgan fingerprint density at radius 2 is 1.95 bits per heavy atom. The van der Waals surface area contributed by atoms with E-state index < -0.39 is 11.9 Å². The van der Waals surface area contributed by atoms with E-state index in [4.69, 9.17) is 0 Å². The van der Waals surface area contributed by atoms with E-state index in [2.05, 4.69) is 9.97 Å². The topological polar surface area (TPSA) is 83.4 Å². The Balaban J connectivity index is 1.86. The lowest BCUT2D eigenvalue weighted by Crippen LogP contribution is -2.45. The normalized spacial score (nSPS) is 21.8. The highest BCUT2D eigenvalue weighted by Crippen LogP contribution is 2.23. The lowest BCUT2D eigenvalue weighted by Gasteiger charge is -2.34. The molecule has 22 heavy (non-hydrogen) atoms. The van der Waals surface area contributed by atoms with Crippen LogP contribution in [0.15, 0.2) is 30.5 Å². The van der Waals surface area contributed by atoms with Crippen molar-refractivity contribution in [3.63, 3.8) is 0 Å². The Morgan fingerprint density at radius 1 is 1.23 bits per heavy atom. The largest absolute Gasteiger partial charge is 0.481 e. The van der Waals surface area contributed by atoms with Crippen molar-refractivity contribution in [3.05, 3.63) is 36.2 Å². The maximum Gasteiger partial charge on any atom is 0.308 e. The van der Waals surface area contributed by atoms with Gasteiger partial charge in [0.2, 0.25) is 0 Å². The number of amides is 1. The van der Waals surface area contributed by atoms with Gasteiger partial charge >= 0.3 is 5.97 Å². The molecular weight excluding hydrogens is 282 g/mol. The molecule has 1 amide bonds. The number of carbonyl (C=O) groups excluding carboxylic acids is 1. The van der Waals surface area contributed by atoms with Gasteiger partial charge in [-0.1, -0.05) is 19.1 Å². The SMILES string of the molecule is CC1CC(C(=O)O)CN(C(=O)c2cnc3ccccc3n2)C1. The molecule has 0 bridgehead atoms. The first-order valence-corrected chi connectivity index (χ1v) is 7.28. The highest BCUT2D eigenvalue weighted by molar-refractivity contribution is 5.94. The summed E-state index contributed by atoms with van der Waals surface area (Å²) in [6, 6.07) is 7.34. The number of para-hydroxylation sites is 2. The van der Waals surface area contributed by atoms with E-state index in [1.807, 2.05) is 25.1 Å². The van der Waals surface area contributed by atoms with Crippen molar-refractivity contribution in [2.24, 2.45) is 11.8 Å². The summed E-state index contributed by atoms with van der Waals surface area (Å²) in [7, 11) is 0. The quantitative estimate of drug-likeness (QED) is 0.914. The van der Waals surface area contributed by atoms with Gasteiger partial charge in [-0.2, -0.15) is 0 Å². The average Bonchev–Trinajstić information content (AvgIpc) is 2.53. The summed E-state index contributed by atoms with van der Waals surface area (Å²) in [5.41, 5.74) is 1.65. The summed E-state index contributed by atoms with van der Waals surface area (Å²) < 4.78 is 0. The number of likely N-dealkylation sites (tertiary alicyclic amines) is 1. The zero-order valence-electron chi connectivity index (χ0n) is 12.3. The van der Waals surface area contributed by atoms with E-state index in [0.29, 0.717) is 18.5 Å². The number of hydrogen-bond donors (Lipinski definition) is 1. The molecule has 0 saturated carbocycles. The highest BCUT2D eigenvalue weighted by atomic mass is 16.4. The first-order chi connectivity index (χ1) is 10.5. The number of aromatic nitrogens is 2. The number of carbonyl (C=O) groups is 2. The van der Waals surface area contributed by atoms with Crippen LogP contribution >= 0.6 is 0 Å². The first-order valence-electron chi connectivity index (χ1n) is 7.28. The summed E-state index contributed by atoms with van der Waals surface area (Å²) in [5, 5.41) is 9.20. The van der Waals surface area contributed by atoms with Gasteiger partial charge in [0.15, 0.2) is 0 Å². The molecule has 1 saturated heterocycles. The maximum absolute atomic E-state index is 12.6. The summed E-state index contributed by atoms with van der Waals surface area (Å²) in [4.78, 5) is 34.0. The summed E-state index contributed by atoms with van der Waals surface area (Å²) >= 11 is 0. The highest BCUT2D eigenvalue weighted by Gasteiger charge is 2.32. The molecule has 3 rings (SSSR count). The van der Waals surface area contributed by atoms with E-state index in [1.54, 1.807) is 11.0 Å². The fraction of sp³-hybridized carbons (Fsp3) is 0.375. The number of nitrogens with zero attached hydrogens (tertiary/aromatic N) is 3. The van der Waals surface area contributed by atoms with Gasteiger partial charge in [-0.25, -0.2) is 4.98 Å². The summed E-state index contributed by atoms with van der Waals surface area (Å²) in [5.74, 6) is -1.46. The van der Waals surface area contributed by atoms with E-state index in [-0.39, 0.29) is 24.1 Å². The van der Waals surface area contributed by atoms with Gasteiger partial charge in [-0.05, 0) is 24.5 Å². The lowest BCUT2D eigenvalue weighted by atomic mass is 9.90.